The van der Waals surface area contributed by atoms with Crippen molar-refractivity contribution in [3.8, 4) is 77.9 Å². The van der Waals surface area contributed by atoms with Gasteiger partial charge < -0.3 is 4.90 Å². The molecule has 0 aliphatic heterocycles. The fraction of sp³-hybridized carbons (Fsp3) is 0.0571. The number of nitrogens with zero attached hydrogens (tertiary/aromatic N) is 1. The summed E-state index contributed by atoms with van der Waals surface area (Å²) in [7, 11) is 0. The lowest BCUT2D eigenvalue weighted by molar-refractivity contribution is 0.662. The molecule has 14 rings (SSSR count). The van der Waals surface area contributed by atoms with E-state index < -0.39 is 5.41 Å². The highest BCUT2D eigenvalue weighted by atomic mass is 15.1. The summed E-state index contributed by atoms with van der Waals surface area (Å²) in [6.45, 7) is 4.80. The van der Waals surface area contributed by atoms with Crippen LogP contribution in [-0.4, -0.2) is 0 Å². The maximum absolute atomic E-state index is 2.58. The number of hydrogen-bond donors (Lipinski definition) is 0. The molecule has 0 aromatic heterocycles. The number of benzene rings is 11. The summed E-state index contributed by atoms with van der Waals surface area (Å²) in [5.74, 6) is 0. The number of para-hydroxylation sites is 1. The van der Waals surface area contributed by atoms with E-state index in [4.69, 9.17) is 0 Å². The molecule has 334 valence electrons. The Morgan fingerprint density at radius 2 is 0.662 bits per heavy atom. The third-order valence-corrected chi connectivity index (χ3v) is 15.9. The van der Waals surface area contributed by atoms with Crippen LogP contribution in [0.15, 0.2) is 261 Å². The van der Waals surface area contributed by atoms with Crippen LogP contribution in [0, 0.1) is 0 Å². The summed E-state index contributed by atoms with van der Waals surface area (Å²) in [6.07, 6.45) is 0. The van der Waals surface area contributed by atoms with E-state index in [-0.39, 0.29) is 5.41 Å². The fourth-order valence-electron chi connectivity index (χ4n) is 13.0. The van der Waals surface area contributed by atoms with Gasteiger partial charge in [-0.15, -0.1) is 0 Å². The molecule has 0 saturated heterocycles. The molecule has 1 heteroatoms. The summed E-state index contributed by atoms with van der Waals surface area (Å²) in [6, 6.07) is 97.4. The van der Waals surface area contributed by atoms with Gasteiger partial charge in [0.1, 0.15) is 0 Å². The lowest BCUT2D eigenvalue weighted by atomic mass is 9.70. The van der Waals surface area contributed by atoms with Gasteiger partial charge in [0.05, 0.1) is 16.8 Å². The van der Waals surface area contributed by atoms with Crippen LogP contribution in [0.5, 0.6) is 0 Å². The standard InChI is InChI=1S/C70H49N/c1-69(2)60-37-16-11-30-53(60)57-35-21-36-58(68(57)69)55-32-15-20-41-65(55)71(66-42-22-34-50(47-25-7-4-8-26-47)67(66)56-33-10-9-27-49(56)46-23-5-3-6-24-46)48-43-44-64-59(45-48)54-31-14-19-40-63(54)70(64)61-38-17-12-28-51(61)52-29-13-18-39-62(52)70/h3-45H,1-2H3. The van der Waals surface area contributed by atoms with Crippen LogP contribution in [0.4, 0.5) is 17.1 Å². The predicted molar refractivity (Wildman–Crippen MR) is 297 cm³/mol. The van der Waals surface area contributed by atoms with E-state index in [0.717, 1.165) is 17.1 Å². The van der Waals surface area contributed by atoms with Gasteiger partial charge in [-0.3, -0.25) is 0 Å². The molecule has 71 heavy (non-hydrogen) atoms. The van der Waals surface area contributed by atoms with Gasteiger partial charge in [-0.25, -0.2) is 0 Å². The molecule has 3 aliphatic rings. The van der Waals surface area contributed by atoms with Crippen LogP contribution in [0.2, 0.25) is 0 Å². The van der Waals surface area contributed by atoms with Crippen molar-refractivity contribution in [2.24, 2.45) is 0 Å². The zero-order valence-corrected chi connectivity index (χ0v) is 39.8. The first-order valence-corrected chi connectivity index (χ1v) is 24.9. The molecule has 3 aliphatic carbocycles. The average Bonchev–Trinajstić information content (AvgIpc) is 4.00. The van der Waals surface area contributed by atoms with Crippen molar-refractivity contribution in [2.45, 2.75) is 24.7 Å². The normalized spacial score (nSPS) is 13.7. The molecule has 0 saturated carbocycles. The van der Waals surface area contributed by atoms with E-state index in [2.05, 4.69) is 280 Å². The van der Waals surface area contributed by atoms with Crippen molar-refractivity contribution < 1.29 is 0 Å². The summed E-state index contributed by atoms with van der Waals surface area (Å²) in [5, 5.41) is 0. The fourth-order valence-corrected chi connectivity index (χ4v) is 13.0. The SMILES string of the molecule is CC1(C)c2ccccc2-c2cccc(-c3ccccc3N(c3ccc4c(c3)-c3ccccc3C43c4ccccc4-c4ccccc43)c3cccc(-c4ccccc4)c3-c3ccccc3-c3ccccc3)c21. The molecule has 0 atom stereocenters. The van der Waals surface area contributed by atoms with Crippen molar-refractivity contribution >= 4 is 17.1 Å². The predicted octanol–water partition coefficient (Wildman–Crippen LogP) is 18.5. The van der Waals surface area contributed by atoms with Crippen LogP contribution in [0.3, 0.4) is 0 Å². The van der Waals surface area contributed by atoms with Crippen LogP contribution in [0.25, 0.3) is 77.9 Å². The van der Waals surface area contributed by atoms with E-state index in [1.807, 2.05) is 0 Å². The highest BCUT2D eigenvalue weighted by molar-refractivity contribution is 6.04. The zero-order valence-electron chi connectivity index (χ0n) is 39.8. The maximum Gasteiger partial charge on any atom is 0.0725 e. The van der Waals surface area contributed by atoms with Crippen LogP contribution >= 0.6 is 0 Å². The summed E-state index contributed by atoms with van der Waals surface area (Å²) < 4.78 is 0. The first-order chi connectivity index (χ1) is 35.0. The van der Waals surface area contributed by atoms with Gasteiger partial charge in [0.25, 0.3) is 0 Å². The zero-order chi connectivity index (χ0) is 47.3. The van der Waals surface area contributed by atoms with Gasteiger partial charge in [0.15, 0.2) is 0 Å². The Balaban J connectivity index is 1.08. The van der Waals surface area contributed by atoms with Crippen LogP contribution in [0.1, 0.15) is 47.2 Å². The maximum atomic E-state index is 2.58. The highest BCUT2D eigenvalue weighted by Gasteiger charge is 2.51. The molecule has 0 N–H and O–H groups in total. The second kappa shape index (κ2) is 15.9. The minimum atomic E-state index is -0.446. The topological polar surface area (TPSA) is 3.24 Å². The minimum Gasteiger partial charge on any atom is -0.309 e. The van der Waals surface area contributed by atoms with E-state index >= 15 is 0 Å². The van der Waals surface area contributed by atoms with E-state index in [1.54, 1.807) is 0 Å². The number of rotatable bonds is 7. The Morgan fingerprint density at radius 3 is 1.28 bits per heavy atom. The Labute approximate surface area is 416 Å². The minimum absolute atomic E-state index is 0.215. The largest absolute Gasteiger partial charge is 0.309 e. The van der Waals surface area contributed by atoms with Crippen molar-refractivity contribution in [1.29, 1.82) is 0 Å². The van der Waals surface area contributed by atoms with Crippen LogP contribution < -0.4 is 4.90 Å². The number of fused-ring (bicyclic) bond motifs is 13. The molecule has 11 aromatic carbocycles. The molecular weight excluding hydrogens is 855 g/mol. The van der Waals surface area contributed by atoms with Gasteiger partial charge in [-0.1, -0.05) is 250 Å². The summed E-state index contributed by atoms with van der Waals surface area (Å²) in [5.41, 5.74) is 28.0. The molecule has 1 spiro atoms. The Bertz CT molecular complexity index is 3870. The Kier molecular flexibility index (Phi) is 9.22. The molecule has 0 radical (unpaired) electrons. The molecule has 0 amide bonds. The molecule has 0 bridgehead atoms. The Hall–Kier alpha value is -8.78. The number of anilines is 3. The van der Waals surface area contributed by atoms with E-state index in [9.17, 15) is 0 Å². The molecule has 0 heterocycles. The first-order valence-electron chi connectivity index (χ1n) is 24.9. The van der Waals surface area contributed by atoms with Crippen molar-refractivity contribution in [1.82, 2.24) is 0 Å². The second-order valence-corrected chi connectivity index (χ2v) is 19.8. The van der Waals surface area contributed by atoms with Crippen molar-refractivity contribution in [3.63, 3.8) is 0 Å². The van der Waals surface area contributed by atoms with Gasteiger partial charge in [0.2, 0.25) is 0 Å². The van der Waals surface area contributed by atoms with E-state index in [1.165, 1.54) is 111 Å². The first kappa shape index (κ1) is 41.2. The Morgan fingerprint density at radius 1 is 0.268 bits per heavy atom. The van der Waals surface area contributed by atoms with E-state index in [0.29, 0.717) is 0 Å². The lowest BCUT2D eigenvalue weighted by Crippen LogP contribution is -2.25. The smallest absolute Gasteiger partial charge is 0.0725 e. The third-order valence-electron chi connectivity index (χ3n) is 15.9. The van der Waals surface area contributed by atoms with Gasteiger partial charge in [-0.2, -0.15) is 0 Å². The number of hydrogen-bond acceptors (Lipinski definition) is 1. The van der Waals surface area contributed by atoms with Gasteiger partial charge in [-0.05, 0) is 124 Å². The second-order valence-electron chi connectivity index (χ2n) is 19.8. The summed E-state index contributed by atoms with van der Waals surface area (Å²) >= 11 is 0. The van der Waals surface area contributed by atoms with Crippen molar-refractivity contribution in [2.75, 3.05) is 4.90 Å². The van der Waals surface area contributed by atoms with Gasteiger partial charge in [0, 0.05) is 22.2 Å². The average molecular weight is 904 g/mol. The monoisotopic (exact) mass is 903 g/mol. The quantitative estimate of drug-likeness (QED) is 0.154. The molecular formula is C70H49N. The molecule has 0 fully saturated rings. The molecule has 1 nitrogen and oxygen atoms in total. The van der Waals surface area contributed by atoms with Crippen LogP contribution in [-0.2, 0) is 10.8 Å². The molecule has 11 aromatic rings. The highest BCUT2D eigenvalue weighted by Crippen LogP contribution is 2.64. The lowest BCUT2D eigenvalue weighted by Gasteiger charge is -2.33. The third kappa shape index (κ3) is 5.93. The van der Waals surface area contributed by atoms with Gasteiger partial charge >= 0.3 is 0 Å². The van der Waals surface area contributed by atoms with Crippen molar-refractivity contribution in [3.05, 3.63) is 294 Å². The summed E-state index contributed by atoms with van der Waals surface area (Å²) in [4.78, 5) is 2.58. The molecule has 0 unspecified atom stereocenters.